The molecule has 6 heteroatoms. The highest BCUT2D eigenvalue weighted by atomic mass is 16.5. The molecule has 0 spiro atoms. The summed E-state index contributed by atoms with van der Waals surface area (Å²) in [5.41, 5.74) is 0. The highest BCUT2D eigenvalue weighted by Gasteiger charge is 2.18. The molecule has 0 aromatic heterocycles. The van der Waals surface area contributed by atoms with Gasteiger partial charge < -0.3 is 20.3 Å². The van der Waals surface area contributed by atoms with Crippen LogP contribution in [0.2, 0.25) is 0 Å². The van der Waals surface area contributed by atoms with Crippen molar-refractivity contribution in [1.82, 2.24) is 5.32 Å². The lowest BCUT2D eigenvalue weighted by Gasteiger charge is -2.20. The van der Waals surface area contributed by atoms with Crippen LogP contribution < -0.4 is 5.32 Å². The summed E-state index contributed by atoms with van der Waals surface area (Å²) in [4.78, 5) is 24.5. The van der Waals surface area contributed by atoms with Gasteiger partial charge in [0.15, 0.2) is 0 Å². The van der Waals surface area contributed by atoms with Crippen LogP contribution in [0.5, 0.6) is 0 Å². The Morgan fingerprint density at radius 2 is 0.610 bits per heavy atom. The molecule has 6 nitrogen and oxygen atoms in total. The lowest BCUT2D eigenvalue weighted by molar-refractivity contribution is -0.143. The number of aliphatic hydroxyl groups excluding tert-OH is 2. The number of rotatable bonds is 65. The van der Waals surface area contributed by atoms with Gasteiger partial charge in [-0.05, 0) is 83.5 Å². The van der Waals surface area contributed by atoms with Crippen molar-refractivity contribution in [1.29, 1.82) is 0 Å². The maximum Gasteiger partial charge on any atom is 0.305 e. The zero-order chi connectivity index (χ0) is 55.7. The molecule has 0 bridgehead atoms. The van der Waals surface area contributed by atoms with E-state index in [1.165, 1.54) is 308 Å². The van der Waals surface area contributed by atoms with Crippen molar-refractivity contribution in [3.05, 3.63) is 36.5 Å². The van der Waals surface area contributed by atoms with Crippen LogP contribution in [0, 0.1) is 0 Å². The summed E-state index contributed by atoms with van der Waals surface area (Å²) in [6.07, 6.45) is 85.3. The predicted octanol–water partition coefficient (Wildman–Crippen LogP) is 22.3. The van der Waals surface area contributed by atoms with Crippen LogP contribution in [0.3, 0.4) is 0 Å². The summed E-state index contributed by atoms with van der Waals surface area (Å²) in [5.74, 6) is -0.0528. The van der Waals surface area contributed by atoms with E-state index in [2.05, 4.69) is 43.5 Å². The first kappa shape index (κ1) is 75.1. The van der Waals surface area contributed by atoms with E-state index >= 15 is 0 Å². The number of amides is 1. The Morgan fingerprint density at radius 1 is 0.351 bits per heavy atom. The van der Waals surface area contributed by atoms with Gasteiger partial charge in [-0.3, -0.25) is 9.59 Å². The molecular formula is C71H135NO5. The fourth-order valence-electron chi connectivity index (χ4n) is 10.8. The normalized spacial score (nSPS) is 12.7. The number of carbonyl (C=O) groups excluding carboxylic acids is 2. The molecule has 1 amide bonds. The average Bonchev–Trinajstić information content (AvgIpc) is 3.43. The van der Waals surface area contributed by atoms with Crippen molar-refractivity contribution in [2.75, 3.05) is 13.2 Å². The van der Waals surface area contributed by atoms with Gasteiger partial charge in [-0.15, -0.1) is 0 Å². The van der Waals surface area contributed by atoms with E-state index in [4.69, 9.17) is 4.74 Å². The molecule has 0 aliphatic heterocycles. The number of carbonyl (C=O) groups is 2. The molecule has 0 rings (SSSR count). The Bertz CT molecular complexity index is 1250. The van der Waals surface area contributed by atoms with Gasteiger partial charge in [0.2, 0.25) is 5.91 Å². The van der Waals surface area contributed by atoms with Crippen LogP contribution >= 0.6 is 0 Å². The van der Waals surface area contributed by atoms with Crippen molar-refractivity contribution in [2.24, 2.45) is 0 Å². The molecule has 454 valence electrons. The summed E-state index contributed by atoms with van der Waals surface area (Å²) >= 11 is 0. The zero-order valence-corrected chi connectivity index (χ0v) is 52.0. The number of hydrogen-bond donors (Lipinski definition) is 3. The van der Waals surface area contributed by atoms with Gasteiger partial charge in [0.25, 0.3) is 0 Å². The van der Waals surface area contributed by atoms with Gasteiger partial charge in [-0.2, -0.15) is 0 Å². The molecule has 0 aliphatic rings. The number of ether oxygens (including phenoxy) is 1. The van der Waals surface area contributed by atoms with Gasteiger partial charge in [-0.1, -0.05) is 320 Å². The molecular weight excluding hydrogens is 947 g/mol. The fourth-order valence-corrected chi connectivity index (χ4v) is 10.8. The van der Waals surface area contributed by atoms with Crippen molar-refractivity contribution in [3.8, 4) is 0 Å². The van der Waals surface area contributed by atoms with Gasteiger partial charge >= 0.3 is 5.97 Å². The molecule has 2 unspecified atom stereocenters. The van der Waals surface area contributed by atoms with Gasteiger partial charge in [0.05, 0.1) is 25.4 Å². The van der Waals surface area contributed by atoms with Crippen molar-refractivity contribution in [3.63, 3.8) is 0 Å². The Hall–Kier alpha value is -1.92. The third-order valence-electron chi connectivity index (χ3n) is 16.1. The van der Waals surface area contributed by atoms with E-state index < -0.39 is 12.1 Å². The summed E-state index contributed by atoms with van der Waals surface area (Å²) in [7, 11) is 0. The predicted molar refractivity (Wildman–Crippen MR) is 338 cm³/mol. The molecule has 2 atom stereocenters. The minimum absolute atomic E-state index is 0.0112. The topological polar surface area (TPSA) is 95.9 Å². The summed E-state index contributed by atoms with van der Waals surface area (Å²) in [5, 5.41) is 23.1. The van der Waals surface area contributed by atoms with Crippen molar-refractivity contribution < 1.29 is 24.5 Å². The largest absolute Gasteiger partial charge is 0.466 e. The smallest absolute Gasteiger partial charge is 0.305 e. The molecule has 0 saturated carbocycles. The second kappa shape index (κ2) is 66.6. The minimum Gasteiger partial charge on any atom is -0.466 e. The molecule has 0 aliphatic carbocycles. The molecule has 0 fully saturated rings. The Kier molecular flexibility index (Phi) is 64.9. The second-order valence-electron chi connectivity index (χ2n) is 23.9. The number of esters is 1. The minimum atomic E-state index is -0.840. The molecule has 77 heavy (non-hydrogen) atoms. The van der Waals surface area contributed by atoms with Crippen LogP contribution in [-0.2, 0) is 14.3 Å². The first-order valence-corrected chi connectivity index (χ1v) is 34.8. The van der Waals surface area contributed by atoms with Gasteiger partial charge in [0, 0.05) is 12.8 Å². The fraction of sp³-hybridized carbons (Fsp3) is 0.887. The van der Waals surface area contributed by atoms with E-state index in [0.29, 0.717) is 19.4 Å². The number of nitrogens with one attached hydrogen (secondary N) is 1. The third kappa shape index (κ3) is 63.1. The molecule has 0 aromatic rings. The number of aliphatic hydroxyl groups is 2. The monoisotopic (exact) mass is 1080 g/mol. The van der Waals surface area contributed by atoms with Gasteiger partial charge in [0.1, 0.15) is 0 Å². The third-order valence-corrected chi connectivity index (χ3v) is 16.1. The van der Waals surface area contributed by atoms with Crippen molar-refractivity contribution in [2.45, 2.75) is 392 Å². The molecule has 0 aromatic carbocycles. The number of allylic oxidation sites excluding steroid dienone is 5. The quantitative estimate of drug-likeness (QED) is 0.0320. The van der Waals surface area contributed by atoms with Crippen LogP contribution in [0.25, 0.3) is 0 Å². The van der Waals surface area contributed by atoms with E-state index in [-0.39, 0.29) is 18.5 Å². The Morgan fingerprint density at radius 3 is 0.948 bits per heavy atom. The maximum atomic E-state index is 12.4. The molecule has 0 heterocycles. The highest BCUT2D eigenvalue weighted by Crippen LogP contribution is 2.18. The van der Waals surface area contributed by atoms with Crippen molar-refractivity contribution >= 4 is 11.9 Å². The summed E-state index contributed by atoms with van der Waals surface area (Å²) in [6.45, 7) is 4.89. The van der Waals surface area contributed by atoms with Crippen LogP contribution in [0.4, 0.5) is 0 Å². The molecule has 0 saturated heterocycles. The Labute approximate surface area is 481 Å². The SMILES string of the molecule is CCCCC/C=C\CCCCCCCC(=O)OCCCCCCCCCCCCCCCCCC/C=C\CCCCCCCCCCCCCCCCCCCC(=O)NC(CO)C(O)/C=C/CCCCCCCCCCC. The molecule has 3 N–H and O–H groups in total. The average molecular weight is 1080 g/mol. The molecule has 0 radical (unpaired) electrons. The highest BCUT2D eigenvalue weighted by molar-refractivity contribution is 5.76. The number of hydrogen-bond acceptors (Lipinski definition) is 5. The lowest BCUT2D eigenvalue weighted by Crippen LogP contribution is -2.45. The Balaban J connectivity index is 3.32. The van der Waals surface area contributed by atoms with E-state index in [1.807, 2.05) is 6.08 Å². The standard InChI is InChI=1S/C71H135NO5/c1-3-5-7-9-11-13-15-45-49-53-57-61-65-71(76)77-66-62-58-54-50-46-42-40-38-36-34-32-30-28-26-24-22-20-18-16-17-19-21-23-25-27-29-31-33-35-37-39-41-44-48-52-56-60-64-70(75)72-68(67-73)69(74)63-59-55-51-47-43-14-12-10-8-6-4-2/h11,13,16,18,59,63,68-69,73-74H,3-10,12,14-15,17,19-58,60-62,64-67H2,1-2H3,(H,72,75)/b13-11-,18-16-,63-59+. The number of unbranched alkanes of at least 4 members (excludes halogenated alkanes) is 50. The van der Waals surface area contributed by atoms with Crippen LogP contribution in [0.15, 0.2) is 36.5 Å². The zero-order valence-electron chi connectivity index (χ0n) is 52.0. The second-order valence-corrected chi connectivity index (χ2v) is 23.9. The first-order chi connectivity index (χ1) is 38.0. The van der Waals surface area contributed by atoms with E-state index in [9.17, 15) is 19.8 Å². The first-order valence-electron chi connectivity index (χ1n) is 34.8. The van der Waals surface area contributed by atoms with E-state index in [1.54, 1.807) is 6.08 Å². The lowest BCUT2D eigenvalue weighted by atomic mass is 10.0. The van der Waals surface area contributed by atoms with Crippen LogP contribution in [0.1, 0.15) is 380 Å². The maximum absolute atomic E-state index is 12.4. The summed E-state index contributed by atoms with van der Waals surface area (Å²) in [6, 6.07) is -0.623. The summed E-state index contributed by atoms with van der Waals surface area (Å²) < 4.78 is 5.48. The van der Waals surface area contributed by atoms with Crippen LogP contribution in [-0.4, -0.2) is 47.4 Å². The van der Waals surface area contributed by atoms with E-state index in [0.717, 1.165) is 44.9 Å². The van der Waals surface area contributed by atoms with Gasteiger partial charge in [-0.25, -0.2) is 0 Å².